The summed E-state index contributed by atoms with van der Waals surface area (Å²) in [5, 5.41) is 0. The van der Waals surface area contributed by atoms with Crippen LogP contribution in [0.2, 0.25) is 0 Å². The number of piperazine rings is 1. The van der Waals surface area contributed by atoms with Gasteiger partial charge in [-0.3, -0.25) is 14.5 Å². The zero-order valence-electron chi connectivity index (χ0n) is 15.9. The zero-order chi connectivity index (χ0) is 19.2. The van der Waals surface area contributed by atoms with E-state index in [1.165, 1.54) is 12.1 Å². The van der Waals surface area contributed by atoms with Gasteiger partial charge in [0.05, 0.1) is 12.5 Å². The van der Waals surface area contributed by atoms with Crippen molar-refractivity contribution in [3.63, 3.8) is 0 Å². The highest BCUT2D eigenvalue weighted by atomic mass is 19.1. The summed E-state index contributed by atoms with van der Waals surface area (Å²) in [4.78, 5) is 31.1. The van der Waals surface area contributed by atoms with Gasteiger partial charge in [0, 0.05) is 59.3 Å². The van der Waals surface area contributed by atoms with Crippen molar-refractivity contribution >= 4 is 11.8 Å². The van der Waals surface area contributed by atoms with Gasteiger partial charge >= 0.3 is 0 Å². The van der Waals surface area contributed by atoms with Gasteiger partial charge in [-0.2, -0.15) is 0 Å². The summed E-state index contributed by atoms with van der Waals surface area (Å²) in [5.74, 6) is -0.302. The molecule has 0 aromatic heterocycles. The first kappa shape index (κ1) is 19.8. The number of hydrogen-bond donors (Lipinski definition) is 0. The largest absolute Gasteiger partial charge is 0.383 e. The van der Waals surface area contributed by atoms with Crippen molar-refractivity contribution in [1.29, 1.82) is 0 Å². The standard InChI is InChI=1S/C20H28FN3O3/c1-27-12-11-22-7-9-23(10-8-22)20(26)17-5-6-19(25)24(15-17)14-16-3-2-4-18(21)13-16/h2-4,13,17H,5-12,14-15H2,1H3/t17-/m0/s1. The minimum absolute atomic E-state index is 0.0349. The van der Waals surface area contributed by atoms with Crippen molar-refractivity contribution in [3.05, 3.63) is 35.6 Å². The smallest absolute Gasteiger partial charge is 0.227 e. The molecule has 1 aromatic rings. The van der Waals surface area contributed by atoms with E-state index >= 15 is 0 Å². The number of benzene rings is 1. The number of ether oxygens (including phenoxy) is 1. The minimum Gasteiger partial charge on any atom is -0.383 e. The Morgan fingerprint density at radius 1 is 1.26 bits per heavy atom. The molecule has 0 saturated carbocycles. The summed E-state index contributed by atoms with van der Waals surface area (Å²) < 4.78 is 18.5. The monoisotopic (exact) mass is 377 g/mol. The fourth-order valence-electron chi connectivity index (χ4n) is 3.80. The highest BCUT2D eigenvalue weighted by Crippen LogP contribution is 2.22. The fourth-order valence-corrected chi connectivity index (χ4v) is 3.80. The van der Waals surface area contributed by atoms with Gasteiger partial charge in [-0.05, 0) is 24.1 Å². The molecule has 148 valence electrons. The van der Waals surface area contributed by atoms with E-state index in [4.69, 9.17) is 4.74 Å². The maximum Gasteiger partial charge on any atom is 0.227 e. The van der Waals surface area contributed by atoms with E-state index in [1.54, 1.807) is 24.1 Å². The maximum atomic E-state index is 13.4. The van der Waals surface area contributed by atoms with Crippen LogP contribution in [0.15, 0.2) is 24.3 Å². The van der Waals surface area contributed by atoms with Gasteiger partial charge in [0.2, 0.25) is 11.8 Å². The summed E-state index contributed by atoms with van der Waals surface area (Å²) in [5.41, 5.74) is 0.753. The molecule has 7 heteroatoms. The molecule has 0 spiro atoms. The molecule has 27 heavy (non-hydrogen) atoms. The molecule has 2 aliphatic heterocycles. The maximum absolute atomic E-state index is 13.4. The second-order valence-electron chi connectivity index (χ2n) is 7.30. The van der Waals surface area contributed by atoms with Gasteiger partial charge in [0.25, 0.3) is 0 Å². The van der Waals surface area contributed by atoms with Crippen LogP contribution in [-0.2, 0) is 20.9 Å². The molecular formula is C20H28FN3O3. The van der Waals surface area contributed by atoms with E-state index in [0.717, 1.165) is 38.3 Å². The Morgan fingerprint density at radius 3 is 2.74 bits per heavy atom. The predicted octanol–water partition coefficient (Wildman–Crippen LogP) is 1.35. The number of halogens is 1. The molecule has 0 aliphatic carbocycles. The van der Waals surface area contributed by atoms with E-state index in [2.05, 4.69) is 4.90 Å². The van der Waals surface area contributed by atoms with Crippen molar-refractivity contribution in [2.45, 2.75) is 19.4 Å². The molecular weight excluding hydrogens is 349 g/mol. The van der Waals surface area contributed by atoms with Crippen molar-refractivity contribution in [2.75, 3.05) is 53.0 Å². The van der Waals surface area contributed by atoms with Crippen LogP contribution in [0.3, 0.4) is 0 Å². The third-order valence-corrected chi connectivity index (χ3v) is 5.41. The molecule has 2 saturated heterocycles. The number of nitrogens with zero attached hydrogens (tertiary/aromatic N) is 3. The first-order chi connectivity index (χ1) is 13.1. The average molecular weight is 377 g/mol. The van der Waals surface area contributed by atoms with Crippen LogP contribution >= 0.6 is 0 Å². The molecule has 2 aliphatic rings. The fraction of sp³-hybridized carbons (Fsp3) is 0.600. The van der Waals surface area contributed by atoms with Crippen LogP contribution in [0.25, 0.3) is 0 Å². The topological polar surface area (TPSA) is 53.1 Å². The number of methoxy groups -OCH3 is 1. The number of likely N-dealkylation sites (tertiary alicyclic amines) is 1. The van der Waals surface area contributed by atoms with E-state index in [1.807, 2.05) is 4.90 Å². The van der Waals surface area contributed by atoms with Gasteiger partial charge in [0.1, 0.15) is 5.82 Å². The highest BCUT2D eigenvalue weighted by molar-refractivity contribution is 5.84. The molecule has 2 heterocycles. The Balaban J connectivity index is 1.54. The molecule has 0 radical (unpaired) electrons. The quantitative estimate of drug-likeness (QED) is 0.751. The predicted molar refractivity (Wildman–Crippen MR) is 99.4 cm³/mol. The molecule has 0 unspecified atom stereocenters. The van der Waals surface area contributed by atoms with Gasteiger partial charge in [-0.25, -0.2) is 4.39 Å². The summed E-state index contributed by atoms with van der Waals surface area (Å²) in [6.45, 7) is 5.50. The highest BCUT2D eigenvalue weighted by Gasteiger charge is 2.33. The summed E-state index contributed by atoms with van der Waals surface area (Å²) in [6.07, 6.45) is 0.973. The molecule has 0 N–H and O–H groups in total. The lowest BCUT2D eigenvalue weighted by molar-refractivity contribution is -0.144. The van der Waals surface area contributed by atoms with Crippen LogP contribution in [0.1, 0.15) is 18.4 Å². The van der Waals surface area contributed by atoms with Crippen LogP contribution in [-0.4, -0.2) is 79.5 Å². The number of carbonyl (C=O) groups is 2. The van der Waals surface area contributed by atoms with Crippen LogP contribution in [0.4, 0.5) is 4.39 Å². The molecule has 3 rings (SSSR count). The van der Waals surface area contributed by atoms with E-state index in [9.17, 15) is 14.0 Å². The number of piperidine rings is 1. The third-order valence-electron chi connectivity index (χ3n) is 5.41. The molecule has 1 aromatic carbocycles. The van der Waals surface area contributed by atoms with Gasteiger partial charge in [-0.15, -0.1) is 0 Å². The van der Waals surface area contributed by atoms with Gasteiger partial charge < -0.3 is 14.5 Å². The van der Waals surface area contributed by atoms with Gasteiger partial charge in [-0.1, -0.05) is 12.1 Å². The Labute approximate surface area is 159 Å². The van der Waals surface area contributed by atoms with Crippen molar-refractivity contribution in [2.24, 2.45) is 5.92 Å². The Hall–Kier alpha value is -1.99. The molecule has 1 atom stereocenters. The summed E-state index contributed by atoms with van der Waals surface area (Å²) in [7, 11) is 1.69. The molecule has 6 nitrogen and oxygen atoms in total. The van der Waals surface area contributed by atoms with Crippen LogP contribution in [0, 0.1) is 11.7 Å². The summed E-state index contributed by atoms with van der Waals surface area (Å²) >= 11 is 0. The Bertz CT molecular complexity index is 662. The number of rotatable bonds is 6. The van der Waals surface area contributed by atoms with Gasteiger partial charge in [0.15, 0.2) is 0 Å². The third kappa shape index (κ3) is 5.26. The van der Waals surface area contributed by atoms with E-state index in [0.29, 0.717) is 32.5 Å². The second-order valence-corrected chi connectivity index (χ2v) is 7.30. The lowest BCUT2D eigenvalue weighted by Crippen LogP contribution is -2.53. The SMILES string of the molecule is COCCN1CCN(C(=O)[C@H]2CCC(=O)N(Cc3cccc(F)c3)C2)CC1. The first-order valence-electron chi connectivity index (χ1n) is 9.59. The molecule has 2 fully saturated rings. The summed E-state index contributed by atoms with van der Waals surface area (Å²) in [6, 6.07) is 6.28. The second kappa shape index (κ2) is 9.28. The lowest BCUT2D eigenvalue weighted by atomic mass is 9.95. The zero-order valence-corrected chi connectivity index (χ0v) is 15.9. The molecule has 2 amide bonds. The van der Waals surface area contributed by atoms with Crippen LogP contribution in [0.5, 0.6) is 0 Å². The lowest BCUT2D eigenvalue weighted by Gasteiger charge is -2.39. The molecule has 0 bridgehead atoms. The van der Waals surface area contributed by atoms with E-state index < -0.39 is 0 Å². The number of hydrogen-bond acceptors (Lipinski definition) is 4. The first-order valence-corrected chi connectivity index (χ1v) is 9.59. The van der Waals surface area contributed by atoms with Crippen LogP contribution < -0.4 is 0 Å². The van der Waals surface area contributed by atoms with Crippen molar-refractivity contribution < 1.29 is 18.7 Å². The Morgan fingerprint density at radius 2 is 2.04 bits per heavy atom. The van der Waals surface area contributed by atoms with E-state index in [-0.39, 0.29) is 23.5 Å². The van der Waals surface area contributed by atoms with Crippen molar-refractivity contribution in [1.82, 2.24) is 14.7 Å². The number of amides is 2. The normalized spacial score (nSPS) is 21.6. The number of carbonyl (C=O) groups excluding carboxylic acids is 2. The Kier molecular flexibility index (Phi) is 6.79. The van der Waals surface area contributed by atoms with Crippen molar-refractivity contribution in [3.8, 4) is 0 Å². The minimum atomic E-state index is -0.309. The average Bonchev–Trinajstić information content (AvgIpc) is 2.68.